The van der Waals surface area contributed by atoms with Gasteiger partial charge >= 0.3 is 0 Å². The minimum absolute atomic E-state index is 0.0914. The zero-order chi connectivity index (χ0) is 14.5. The monoisotopic (exact) mass is 275 g/mol. The lowest BCUT2D eigenvalue weighted by atomic mass is 10.1. The van der Waals surface area contributed by atoms with E-state index < -0.39 is 11.6 Å². The van der Waals surface area contributed by atoms with Crippen molar-refractivity contribution in [3.63, 3.8) is 0 Å². The van der Waals surface area contributed by atoms with Crippen LogP contribution in [0, 0.1) is 23.0 Å². The molecule has 0 heterocycles. The van der Waals surface area contributed by atoms with Crippen molar-refractivity contribution >= 4 is 0 Å². The van der Waals surface area contributed by atoms with E-state index in [1.54, 1.807) is 0 Å². The minimum atomic E-state index is -0.553. The van der Waals surface area contributed by atoms with E-state index in [-0.39, 0.29) is 30.1 Å². The maximum atomic E-state index is 13.6. The third-order valence-corrected chi connectivity index (χ3v) is 2.69. The van der Waals surface area contributed by atoms with E-state index >= 15 is 0 Å². The second kappa shape index (κ2) is 6.13. The maximum Gasteiger partial charge on any atom is 0.131 e. The third-order valence-electron chi connectivity index (χ3n) is 2.69. The van der Waals surface area contributed by atoms with Gasteiger partial charge in [0.25, 0.3) is 0 Å². The molecule has 0 aliphatic carbocycles. The highest BCUT2D eigenvalue weighted by Gasteiger charge is 2.06. The molecule has 5 heteroatoms. The molecule has 0 aliphatic heterocycles. The molecular weight excluding hydrogens is 264 g/mol. The number of hydrogen-bond donors (Lipinski definition) is 1. The van der Waals surface area contributed by atoms with Gasteiger partial charge in [0.2, 0.25) is 0 Å². The second-order valence-electron chi connectivity index (χ2n) is 4.16. The van der Waals surface area contributed by atoms with Crippen LogP contribution < -0.4 is 4.74 Å². The highest BCUT2D eigenvalue weighted by Crippen LogP contribution is 2.19. The average molecular weight is 275 g/mol. The minimum Gasteiger partial charge on any atom is -0.489 e. The first kappa shape index (κ1) is 14.0. The number of aliphatic hydroxyl groups is 1. The molecule has 0 radical (unpaired) electrons. The molecule has 0 fully saturated rings. The highest BCUT2D eigenvalue weighted by molar-refractivity contribution is 5.33. The molecule has 0 saturated carbocycles. The van der Waals surface area contributed by atoms with Crippen molar-refractivity contribution in [1.29, 1.82) is 5.26 Å². The van der Waals surface area contributed by atoms with Crippen LogP contribution >= 0.6 is 0 Å². The SMILES string of the molecule is N#Cc1ccc(COc2cc(F)cc(CO)c2)c(F)c1. The molecule has 0 bridgehead atoms. The van der Waals surface area contributed by atoms with Crippen molar-refractivity contribution in [3.8, 4) is 11.8 Å². The van der Waals surface area contributed by atoms with E-state index in [0.717, 1.165) is 12.1 Å². The summed E-state index contributed by atoms with van der Waals surface area (Å²) < 4.78 is 32.1. The van der Waals surface area contributed by atoms with Crippen molar-refractivity contribution < 1.29 is 18.6 Å². The molecule has 0 aliphatic rings. The van der Waals surface area contributed by atoms with E-state index in [1.165, 1.54) is 24.3 Å². The molecule has 2 aromatic carbocycles. The number of aliphatic hydroxyl groups excluding tert-OH is 1. The Kier molecular flexibility index (Phi) is 4.28. The Labute approximate surface area is 114 Å². The first-order valence-electron chi connectivity index (χ1n) is 5.84. The van der Waals surface area contributed by atoms with Crippen LogP contribution in [0.2, 0.25) is 0 Å². The molecule has 102 valence electrons. The average Bonchev–Trinajstić information content (AvgIpc) is 2.45. The van der Waals surface area contributed by atoms with Gasteiger partial charge in [-0.1, -0.05) is 6.07 Å². The fourth-order valence-electron chi connectivity index (χ4n) is 1.69. The molecule has 0 saturated heterocycles. The topological polar surface area (TPSA) is 53.2 Å². The van der Waals surface area contributed by atoms with Gasteiger partial charge in [-0.2, -0.15) is 5.26 Å². The van der Waals surface area contributed by atoms with Crippen LogP contribution in [0.1, 0.15) is 16.7 Å². The molecule has 2 aromatic rings. The molecule has 0 spiro atoms. The fraction of sp³-hybridized carbons (Fsp3) is 0.133. The van der Waals surface area contributed by atoms with Crippen molar-refractivity contribution in [1.82, 2.24) is 0 Å². The number of benzene rings is 2. The molecular formula is C15H11F2NO2. The summed E-state index contributed by atoms with van der Waals surface area (Å²) in [4.78, 5) is 0. The maximum absolute atomic E-state index is 13.6. The van der Waals surface area contributed by atoms with Crippen molar-refractivity contribution in [3.05, 3.63) is 64.7 Å². The van der Waals surface area contributed by atoms with Crippen LogP contribution in [-0.4, -0.2) is 5.11 Å². The first-order valence-corrected chi connectivity index (χ1v) is 5.84. The Morgan fingerprint density at radius 3 is 2.60 bits per heavy atom. The summed E-state index contributed by atoms with van der Waals surface area (Å²) in [6, 6.07) is 9.69. The van der Waals surface area contributed by atoms with Crippen LogP contribution in [0.3, 0.4) is 0 Å². The third kappa shape index (κ3) is 3.31. The van der Waals surface area contributed by atoms with E-state index in [2.05, 4.69) is 0 Å². The number of nitrogens with zero attached hydrogens (tertiary/aromatic N) is 1. The van der Waals surface area contributed by atoms with Gasteiger partial charge in [0.05, 0.1) is 18.2 Å². The predicted molar refractivity (Wildman–Crippen MR) is 67.8 cm³/mol. The van der Waals surface area contributed by atoms with Crippen LogP contribution in [0.5, 0.6) is 5.75 Å². The summed E-state index contributed by atoms with van der Waals surface area (Å²) in [6.45, 7) is -0.398. The van der Waals surface area contributed by atoms with Gasteiger partial charge in [-0.25, -0.2) is 8.78 Å². The predicted octanol–water partition coefficient (Wildman–Crippen LogP) is 2.91. The summed E-state index contributed by atoms with van der Waals surface area (Å²) in [7, 11) is 0. The Morgan fingerprint density at radius 1 is 1.15 bits per heavy atom. The normalized spacial score (nSPS) is 10.1. The standard InChI is InChI=1S/C15H11F2NO2/c16-13-3-11(8-19)4-14(6-13)20-9-12-2-1-10(7-18)5-15(12)17/h1-6,19H,8-9H2. The van der Waals surface area contributed by atoms with Gasteiger partial charge in [0.1, 0.15) is 24.0 Å². The quantitative estimate of drug-likeness (QED) is 0.933. The molecule has 0 aromatic heterocycles. The van der Waals surface area contributed by atoms with Crippen LogP contribution in [0.15, 0.2) is 36.4 Å². The lowest BCUT2D eigenvalue weighted by molar-refractivity contribution is 0.275. The Balaban J connectivity index is 2.13. The summed E-state index contributed by atoms with van der Waals surface area (Å²) in [5.74, 6) is -0.882. The van der Waals surface area contributed by atoms with E-state index in [9.17, 15) is 8.78 Å². The fourth-order valence-corrected chi connectivity index (χ4v) is 1.69. The summed E-state index contributed by atoms with van der Waals surface area (Å²) in [5.41, 5.74) is 0.860. The number of hydrogen-bond acceptors (Lipinski definition) is 3. The van der Waals surface area contributed by atoms with Gasteiger partial charge in [-0.05, 0) is 29.8 Å². The summed E-state index contributed by atoms with van der Waals surface area (Å²) in [6.07, 6.45) is 0. The van der Waals surface area contributed by atoms with Crippen LogP contribution in [0.4, 0.5) is 8.78 Å². The molecule has 1 N–H and O–H groups in total. The number of halogens is 2. The van der Waals surface area contributed by atoms with Crippen molar-refractivity contribution in [2.75, 3.05) is 0 Å². The smallest absolute Gasteiger partial charge is 0.131 e. The molecule has 0 atom stereocenters. The number of nitriles is 1. The number of ether oxygens (including phenoxy) is 1. The molecule has 0 amide bonds. The van der Waals surface area contributed by atoms with Gasteiger partial charge in [-0.15, -0.1) is 0 Å². The van der Waals surface area contributed by atoms with Crippen molar-refractivity contribution in [2.45, 2.75) is 13.2 Å². The summed E-state index contributed by atoms with van der Waals surface area (Å²) >= 11 is 0. The Bertz CT molecular complexity index is 665. The lowest BCUT2D eigenvalue weighted by Crippen LogP contribution is -2.00. The first-order chi connectivity index (χ1) is 9.62. The Morgan fingerprint density at radius 2 is 1.95 bits per heavy atom. The van der Waals surface area contributed by atoms with Gasteiger partial charge in [-0.3, -0.25) is 0 Å². The Hall–Kier alpha value is -2.45. The molecule has 3 nitrogen and oxygen atoms in total. The van der Waals surface area contributed by atoms with E-state index in [1.807, 2.05) is 6.07 Å². The van der Waals surface area contributed by atoms with Crippen molar-refractivity contribution in [2.24, 2.45) is 0 Å². The second-order valence-corrected chi connectivity index (χ2v) is 4.16. The highest BCUT2D eigenvalue weighted by atomic mass is 19.1. The van der Waals surface area contributed by atoms with Gasteiger partial charge in [0, 0.05) is 11.6 Å². The zero-order valence-corrected chi connectivity index (χ0v) is 10.4. The largest absolute Gasteiger partial charge is 0.489 e. The van der Waals surface area contributed by atoms with E-state index in [0.29, 0.717) is 5.56 Å². The molecule has 2 rings (SSSR count). The van der Waals surface area contributed by atoms with Gasteiger partial charge < -0.3 is 9.84 Å². The van der Waals surface area contributed by atoms with Gasteiger partial charge in [0.15, 0.2) is 0 Å². The van der Waals surface area contributed by atoms with Crippen LogP contribution in [-0.2, 0) is 13.2 Å². The van der Waals surface area contributed by atoms with Crippen LogP contribution in [0.25, 0.3) is 0 Å². The molecule has 0 unspecified atom stereocenters. The zero-order valence-electron chi connectivity index (χ0n) is 10.4. The van der Waals surface area contributed by atoms with E-state index in [4.69, 9.17) is 15.1 Å². The lowest BCUT2D eigenvalue weighted by Gasteiger charge is -2.09. The number of rotatable bonds is 4. The molecule has 20 heavy (non-hydrogen) atoms. The summed E-state index contributed by atoms with van der Waals surface area (Å²) in [5, 5.41) is 17.6.